The smallest absolute Gasteiger partial charge is 0.175 e. The molecule has 1 aromatic carbocycles. The quantitative estimate of drug-likeness (QED) is 0.834. The molecule has 16 heavy (non-hydrogen) atoms. The Balaban J connectivity index is 2.63. The zero-order valence-corrected chi connectivity index (χ0v) is 10.0. The molecule has 0 spiro atoms. The standard InChI is InChI=1S/C11H14N2O2S/c1-7(12)10-5-8-3-4-9(16(2,14)15)6-11(8)13-10/h3-7,13H,12H2,1-2H3. The van der Waals surface area contributed by atoms with Gasteiger partial charge in [-0.05, 0) is 30.5 Å². The van der Waals surface area contributed by atoms with E-state index in [1.807, 2.05) is 13.0 Å². The van der Waals surface area contributed by atoms with E-state index in [2.05, 4.69) is 4.98 Å². The third-order valence-electron chi connectivity index (χ3n) is 2.53. The number of sulfone groups is 1. The first-order chi connectivity index (χ1) is 7.38. The van der Waals surface area contributed by atoms with E-state index < -0.39 is 9.84 Å². The molecule has 0 aliphatic heterocycles. The molecular weight excluding hydrogens is 224 g/mol. The van der Waals surface area contributed by atoms with E-state index in [0.717, 1.165) is 16.6 Å². The lowest BCUT2D eigenvalue weighted by atomic mass is 10.2. The van der Waals surface area contributed by atoms with Crippen LogP contribution in [0, 0.1) is 0 Å². The van der Waals surface area contributed by atoms with Gasteiger partial charge in [0, 0.05) is 23.5 Å². The number of hydrogen-bond donors (Lipinski definition) is 2. The minimum Gasteiger partial charge on any atom is -0.357 e. The van der Waals surface area contributed by atoms with E-state index in [-0.39, 0.29) is 6.04 Å². The summed E-state index contributed by atoms with van der Waals surface area (Å²) in [5.74, 6) is 0. The van der Waals surface area contributed by atoms with Gasteiger partial charge in [0.25, 0.3) is 0 Å². The number of nitrogens with two attached hydrogens (primary N) is 1. The molecule has 3 N–H and O–H groups in total. The Hall–Kier alpha value is -1.33. The lowest BCUT2D eigenvalue weighted by molar-refractivity contribution is 0.602. The predicted molar refractivity (Wildman–Crippen MR) is 64.0 cm³/mol. The van der Waals surface area contributed by atoms with E-state index in [9.17, 15) is 8.42 Å². The second kappa shape index (κ2) is 3.61. The highest BCUT2D eigenvalue weighted by atomic mass is 32.2. The van der Waals surface area contributed by atoms with Gasteiger partial charge < -0.3 is 10.7 Å². The topological polar surface area (TPSA) is 76.0 Å². The highest BCUT2D eigenvalue weighted by Crippen LogP contribution is 2.21. The van der Waals surface area contributed by atoms with Gasteiger partial charge in [0.1, 0.15) is 0 Å². The van der Waals surface area contributed by atoms with Crippen molar-refractivity contribution in [1.29, 1.82) is 0 Å². The SMILES string of the molecule is CC(N)c1cc2ccc(S(C)(=O)=O)cc2[nH]1. The molecule has 4 nitrogen and oxygen atoms in total. The van der Waals surface area contributed by atoms with Crippen LogP contribution >= 0.6 is 0 Å². The highest BCUT2D eigenvalue weighted by molar-refractivity contribution is 7.90. The summed E-state index contributed by atoms with van der Waals surface area (Å²) in [6, 6.07) is 6.88. The average molecular weight is 238 g/mol. The minimum absolute atomic E-state index is 0.0888. The summed E-state index contributed by atoms with van der Waals surface area (Å²) in [5.41, 5.74) is 7.46. The summed E-state index contributed by atoms with van der Waals surface area (Å²) < 4.78 is 22.8. The number of aromatic nitrogens is 1. The first-order valence-electron chi connectivity index (χ1n) is 4.96. The van der Waals surface area contributed by atoms with Crippen LogP contribution in [-0.2, 0) is 9.84 Å². The van der Waals surface area contributed by atoms with Crippen molar-refractivity contribution in [2.24, 2.45) is 5.73 Å². The molecule has 0 aliphatic carbocycles. The molecule has 2 aromatic rings. The van der Waals surface area contributed by atoms with Crippen LogP contribution in [0.15, 0.2) is 29.2 Å². The molecule has 0 radical (unpaired) electrons. The molecule has 0 saturated heterocycles. The van der Waals surface area contributed by atoms with Gasteiger partial charge >= 0.3 is 0 Å². The maximum absolute atomic E-state index is 11.4. The molecule has 0 bridgehead atoms. The normalized spacial score (nSPS) is 14.2. The lowest BCUT2D eigenvalue weighted by Crippen LogP contribution is -2.04. The van der Waals surface area contributed by atoms with E-state index in [1.165, 1.54) is 6.26 Å². The van der Waals surface area contributed by atoms with Gasteiger partial charge in [-0.15, -0.1) is 0 Å². The Morgan fingerprint density at radius 3 is 2.56 bits per heavy atom. The summed E-state index contributed by atoms with van der Waals surface area (Å²) in [6.45, 7) is 1.88. The van der Waals surface area contributed by atoms with Crippen LogP contribution < -0.4 is 5.73 Å². The zero-order chi connectivity index (χ0) is 11.9. The third kappa shape index (κ3) is 1.96. The minimum atomic E-state index is -3.16. The second-order valence-corrected chi connectivity index (χ2v) is 6.05. The molecule has 0 saturated carbocycles. The number of fused-ring (bicyclic) bond motifs is 1. The van der Waals surface area contributed by atoms with Gasteiger partial charge in [-0.1, -0.05) is 6.07 Å². The molecule has 0 fully saturated rings. The molecule has 86 valence electrons. The van der Waals surface area contributed by atoms with E-state index in [0.29, 0.717) is 4.90 Å². The molecule has 1 unspecified atom stereocenters. The van der Waals surface area contributed by atoms with Crippen LogP contribution in [0.25, 0.3) is 10.9 Å². The fourth-order valence-electron chi connectivity index (χ4n) is 1.60. The van der Waals surface area contributed by atoms with Gasteiger partial charge in [0.2, 0.25) is 0 Å². The van der Waals surface area contributed by atoms with Gasteiger partial charge in [-0.2, -0.15) is 0 Å². The maximum Gasteiger partial charge on any atom is 0.175 e. The fraction of sp³-hybridized carbons (Fsp3) is 0.273. The van der Waals surface area contributed by atoms with Crippen LogP contribution in [0.3, 0.4) is 0 Å². The van der Waals surface area contributed by atoms with Gasteiger partial charge in [-0.3, -0.25) is 0 Å². The van der Waals surface area contributed by atoms with Crippen molar-refractivity contribution in [3.63, 3.8) is 0 Å². The van der Waals surface area contributed by atoms with Crippen molar-refractivity contribution in [2.75, 3.05) is 6.26 Å². The Morgan fingerprint density at radius 2 is 2.00 bits per heavy atom. The monoisotopic (exact) mass is 238 g/mol. The molecule has 5 heteroatoms. The van der Waals surface area contributed by atoms with Crippen molar-refractivity contribution in [2.45, 2.75) is 17.9 Å². The number of benzene rings is 1. The molecule has 0 aliphatic rings. The van der Waals surface area contributed by atoms with Crippen molar-refractivity contribution in [3.8, 4) is 0 Å². The number of rotatable bonds is 2. The van der Waals surface area contributed by atoms with Gasteiger partial charge in [0.05, 0.1) is 4.90 Å². The molecule has 2 rings (SSSR count). The fourth-order valence-corrected chi connectivity index (χ4v) is 2.25. The number of H-pyrrole nitrogens is 1. The summed E-state index contributed by atoms with van der Waals surface area (Å²) in [5, 5.41) is 0.972. The summed E-state index contributed by atoms with van der Waals surface area (Å²) in [6.07, 6.45) is 1.20. The second-order valence-electron chi connectivity index (χ2n) is 4.03. The van der Waals surface area contributed by atoms with Crippen LogP contribution in [0.2, 0.25) is 0 Å². The summed E-state index contributed by atoms with van der Waals surface area (Å²) in [4.78, 5) is 3.44. The van der Waals surface area contributed by atoms with Crippen molar-refractivity contribution >= 4 is 20.7 Å². The maximum atomic E-state index is 11.4. The first kappa shape index (κ1) is 11.2. The van der Waals surface area contributed by atoms with Crippen molar-refractivity contribution < 1.29 is 8.42 Å². The van der Waals surface area contributed by atoms with E-state index in [4.69, 9.17) is 5.73 Å². The average Bonchev–Trinajstić information content (AvgIpc) is 2.58. The number of nitrogens with one attached hydrogen (secondary N) is 1. The van der Waals surface area contributed by atoms with Crippen molar-refractivity contribution in [1.82, 2.24) is 4.98 Å². The van der Waals surface area contributed by atoms with E-state index in [1.54, 1.807) is 18.2 Å². The number of hydrogen-bond acceptors (Lipinski definition) is 3. The Bertz CT molecular complexity index is 626. The van der Waals surface area contributed by atoms with Gasteiger partial charge in [-0.25, -0.2) is 8.42 Å². The van der Waals surface area contributed by atoms with Crippen LogP contribution in [0.5, 0.6) is 0 Å². The van der Waals surface area contributed by atoms with Crippen molar-refractivity contribution in [3.05, 3.63) is 30.0 Å². The van der Waals surface area contributed by atoms with Crippen LogP contribution in [-0.4, -0.2) is 19.7 Å². The predicted octanol–water partition coefficient (Wildman–Crippen LogP) is 1.59. The third-order valence-corrected chi connectivity index (χ3v) is 3.64. The summed E-state index contributed by atoms with van der Waals surface area (Å²) in [7, 11) is -3.16. The Morgan fingerprint density at radius 1 is 1.31 bits per heavy atom. The molecular formula is C11H14N2O2S. The largest absolute Gasteiger partial charge is 0.357 e. The van der Waals surface area contributed by atoms with Crippen LogP contribution in [0.1, 0.15) is 18.7 Å². The lowest BCUT2D eigenvalue weighted by Gasteiger charge is -1.99. The molecule has 1 atom stereocenters. The van der Waals surface area contributed by atoms with Crippen LogP contribution in [0.4, 0.5) is 0 Å². The van der Waals surface area contributed by atoms with E-state index >= 15 is 0 Å². The van der Waals surface area contributed by atoms with Gasteiger partial charge in [0.15, 0.2) is 9.84 Å². The Kier molecular flexibility index (Phi) is 2.52. The highest BCUT2D eigenvalue weighted by Gasteiger charge is 2.10. The number of aromatic amines is 1. The summed E-state index contributed by atoms with van der Waals surface area (Å²) >= 11 is 0. The Labute approximate surface area is 94.4 Å². The molecule has 0 amide bonds. The molecule has 1 heterocycles. The zero-order valence-electron chi connectivity index (χ0n) is 9.19. The molecule has 1 aromatic heterocycles. The first-order valence-corrected chi connectivity index (χ1v) is 6.85.